The van der Waals surface area contributed by atoms with Crippen LogP contribution in [0.3, 0.4) is 0 Å². The van der Waals surface area contributed by atoms with Crippen molar-refractivity contribution in [2.45, 2.75) is 25.9 Å². The van der Waals surface area contributed by atoms with E-state index in [0.29, 0.717) is 12.1 Å². The van der Waals surface area contributed by atoms with E-state index in [1.807, 2.05) is 56.0 Å². The molecule has 1 aromatic carbocycles. The van der Waals surface area contributed by atoms with Gasteiger partial charge in [-0.05, 0) is 50.5 Å². The average Bonchev–Trinajstić information content (AvgIpc) is 3.38. The number of fused-ring (bicyclic) bond motifs is 1. The third-order valence-electron chi connectivity index (χ3n) is 5.11. The number of nitrogens with zero attached hydrogens (tertiary/aromatic N) is 4. The molecule has 1 amide bonds. The van der Waals surface area contributed by atoms with Gasteiger partial charge >= 0.3 is 0 Å². The number of rotatable bonds is 8. The molecule has 0 aliphatic carbocycles. The largest absolute Gasteiger partial charge is 0.348 e. The number of likely N-dealkylation sites (N-methyl/N-ethyl adjacent to an activating group) is 1. The minimum Gasteiger partial charge on any atom is -0.348 e. The third kappa shape index (κ3) is 5.18. The molecule has 0 bridgehead atoms. The molecule has 7 heteroatoms. The van der Waals surface area contributed by atoms with Crippen LogP contribution in [0.1, 0.15) is 26.5 Å². The molecule has 3 heterocycles. The number of amides is 1. The number of aromatic nitrogens is 3. The number of hydrogen-bond acceptors (Lipinski definition) is 5. The smallest absolute Gasteiger partial charge is 0.252 e. The van der Waals surface area contributed by atoms with E-state index in [1.165, 1.54) is 10.4 Å². The predicted octanol–water partition coefficient (Wildman–Crippen LogP) is 3.75. The maximum Gasteiger partial charge on any atom is 0.252 e. The van der Waals surface area contributed by atoms with E-state index in [9.17, 15) is 4.79 Å². The summed E-state index contributed by atoms with van der Waals surface area (Å²) in [7, 11) is 4.04. The van der Waals surface area contributed by atoms with Crippen LogP contribution in [-0.4, -0.2) is 52.3 Å². The monoisotopic (exact) mass is 433 g/mol. The van der Waals surface area contributed by atoms with Gasteiger partial charge in [-0.25, -0.2) is 9.67 Å². The van der Waals surface area contributed by atoms with Gasteiger partial charge in [0, 0.05) is 23.2 Å². The SMILES string of the molecule is Cc1cc(C(=O)NC(Cc2ccccc2)CN(C)C)c2cnn(Cc3cccs3)c2n1. The summed E-state index contributed by atoms with van der Waals surface area (Å²) in [5, 5.41) is 10.6. The van der Waals surface area contributed by atoms with Crippen molar-refractivity contribution in [1.29, 1.82) is 0 Å². The van der Waals surface area contributed by atoms with Crippen molar-refractivity contribution in [1.82, 2.24) is 25.0 Å². The van der Waals surface area contributed by atoms with Gasteiger partial charge in [0.05, 0.1) is 23.7 Å². The van der Waals surface area contributed by atoms with Crippen molar-refractivity contribution in [2.24, 2.45) is 0 Å². The standard InChI is InChI=1S/C24H27N5OS/c1-17-12-21(22-14-25-29(23(22)26-17)16-20-10-7-11-31-20)24(30)27-19(15-28(2)3)13-18-8-5-4-6-9-18/h4-12,14,19H,13,15-16H2,1-3H3,(H,27,30). The lowest BCUT2D eigenvalue weighted by atomic mass is 10.0. The molecule has 1 unspecified atom stereocenters. The Kier molecular flexibility index (Phi) is 6.44. The Labute approximate surface area is 186 Å². The molecule has 6 nitrogen and oxygen atoms in total. The number of aryl methyl sites for hydroxylation is 1. The summed E-state index contributed by atoms with van der Waals surface area (Å²) >= 11 is 1.69. The van der Waals surface area contributed by atoms with Crippen LogP contribution in [0.2, 0.25) is 0 Å². The Hall–Kier alpha value is -3.03. The van der Waals surface area contributed by atoms with Crippen LogP contribution < -0.4 is 5.32 Å². The summed E-state index contributed by atoms with van der Waals surface area (Å²) in [6.07, 6.45) is 2.53. The number of benzene rings is 1. The van der Waals surface area contributed by atoms with Gasteiger partial charge in [-0.3, -0.25) is 4.79 Å². The lowest BCUT2D eigenvalue weighted by Gasteiger charge is -2.23. The van der Waals surface area contributed by atoms with Crippen LogP contribution in [0, 0.1) is 6.92 Å². The lowest BCUT2D eigenvalue weighted by Crippen LogP contribution is -2.43. The zero-order valence-electron chi connectivity index (χ0n) is 18.1. The Morgan fingerprint density at radius 2 is 2.00 bits per heavy atom. The van der Waals surface area contributed by atoms with Gasteiger partial charge in [0.25, 0.3) is 5.91 Å². The second-order valence-corrected chi connectivity index (χ2v) is 9.08. The van der Waals surface area contributed by atoms with Gasteiger partial charge in [-0.15, -0.1) is 11.3 Å². The molecule has 0 aliphatic rings. The van der Waals surface area contributed by atoms with Gasteiger partial charge in [0.2, 0.25) is 0 Å². The molecule has 0 fully saturated rings. The number of hydrogen-bond donors (Lipinski definition) is 1. The van der Waals surface area contributed by atoms with Gasteiger partial charge in [-0.1, -0.05) is 36.4 Å². The highest BCUT2D eigenvalue weighted by molar-refractivity contribution is 7.09. The summed E-state index contributed by atoms with van der Waals surface area (Å²) in [4.78, 5) is 21.3. The van der Waals surface area contributed by atoms with E-state index < -0.39 is 0 Å². The second-order valence-electron chi connectivity index (χ2n) is 8.05. The molecule has 0 saturated carbocycles. The average molecular weight is 434 g/mol. The van der Waals surface area contributed by atoms with E-state index >= 15 is 0 Å². The van der Waals surface area contributed by atoms with Crippen molar-refractivity contribution in [3.05, 3.63) is 81.8 Å². The Morgan fingerprint density at radius 1 is 1.19 bits per heavy atom. The van der Waals surface area contributed by atoms with E-state index in [0.717, 1.165) is 29.7 Å². The number of pyridine rings is 1. The highest BCUT2D eigenvalue weighted by atomic mass is 32.1. The van der Waals surface area contributed by atoms with Crippen molar-refractivity contribution in [3.63, 3.8) is 0 Å². The van der Waals surface area contributed by atoms with Crippen molar-refractivity contribution in [2.75, 3.05) is 20.6 Å². The molecule has 160 valence electrons. The molecule has 3 aromatic heterocycles. The van der Waals surface area contributed by atoms with Crippen LogP contribution >= 0.6 is 11.3 Å². The molecule has 4 rings (SSSR count). The van der Waals surface area contributed by atoms with Gasteiger partial charge in [0.1, 0.15) is 0 Å². The first-order valence-corrected chi connectivity index (χ1v) is 11.2. The first kappa shape index (κ1) is 21.2. The summed E-state index contributed by atoms with van der Waals surface area (Å²) < 4.78 is 1.87. The van der Waals surface area contributed by atoms with Crippen LogP contribution in [-0.2, 0) is 13.0 Å². The topological polar surface area (TPSA) is 63.1 Å². The minimum atomic E-state index is -0.0889. The fourth-order valence-corrected chi connectivity index (χ4v) is 4.48. The Morgan fingerprint density at radius 3 is 2.71 bits per heavy atom. The summed E-state index contributed by atoms with van der Waals surface area (Å²) in [6, 6.07) is 16.2. The van der Waals surface area contributed by atoms with Gasteiger partial charge < -0.3 is 10.2 Å². The zero-order valence-corrected chi connectivity index (χ0v) is 18.9. The van der Waals surface area contributed by atoms with E-state index in [4.69, 9.17) is 0 Å². The molecule has 0 aliphatic heterocycles. The van der Waals surface area contributed by atoms with Crippen LogP contribution in [0.4, 0.5) is 0 Å². The Balaban J connectivity index is 1.60. The maximum atomic E-state index is 13.3. The first-order valence-electron chi connectivity index (χ1n) is 10.3. The van der Waals surface area contributed by atoms with E-state index in [-0.39, 0.29) is 11.9 Å². The molecule has 1 N–H and O–H groups in total. The second kappa shape index (κ2) is 9.41. The van der Waals surface area contributed by atoms with Crippen LogP contribution in [0.15, 0.2) is 60.1 Å². The van der Waals surface area contributed by atoms with Gasteiger partial charge in [0.15, 0.2) is 5.65 Å². The molecular formula is C24H27N5OS. The van der Waals surface area contributed by atoms with Crippen LogP contribution in [0.5, 0.6) is 0 Å². The minimum absolute atomic E-state index is 0.00501. The number of nitrogens with one attached hydrogen (secondary N) is 1. The normalized spacial score (nSPS) is 12.4. The van der Waals surface area contributed by atoms with Crippen molar-refractivity contribution < 1.29 is 4.79 Å². The maximum absolute atomic E-state index is 13.3. The summed E-state index contributed by atoms with van der Waals surface area (Å²) in [5.74, 6) is -0.0889. The highest BCUT2D eigenvalue weighted by Gasteiger charge is 2.20. The third-order valence-corrected chi connectivity index (χ3v) is 5.97. The molecule has 31 heavy (non-hydrogen) atoms. The number of carbonyl (C=O) groups excluding carboxylic acids is 1. The number of carbonyl (C=O) groups is 1. The quantitative estimate of drug-likeness (QED) is 0.460. The fraction of sp³-hybridized carbons (Fsp3) is 0.292. The highest BCUT2D eigenvalue weighted by Crippen LogP contribution is 2.21. The van der Waals surface area contributed by atoms with Crippen LogP contribution in [0.25, 0.3) is 11.0 Å². The number of thiophene rings is 1. The molecule has 1 atom stereocenters. The Bertz CT molecular complexity index is 1150. The first-order chi connectivity index (χ1) is 15.0. The summed E-state index contributed by atoms with van der Waals surface area (Å²) in [6.45, 7) is 3.32. The van der Waals surface area contributed by atoms with E-state index in [2.05, 4.69) is 43.9 Å². The van der Waals surface area contributed by atoms with Gasteiger partial charge in [-0.2, -0.15) is 5.10 Å². The van der Waals surface area contributed by atoms with Crippen molar-refractivity contribution in [3.8, 4) is 0 Å². The predicted molar refractivity (Wildman–Crippen MR) is 126 cm³/mol. The fourth-order valence-electron chi connectivity index (χ4n) is 3.79. The lowest BCUT2D eigenvalue weighted by molar-refractivity contribution is 0.0931. The molecular weight excluding hydrogens is 406 g/mol. The van der Waals surface area contributed by atoms with E-state index in [1.54, 1.807) is 17.5 Å². The molecule has 0 radical (unpaired) electrons. The molecule has 4 aromatic rings. The molecule has 0 spiro atoms. The molecule has 0 saturated heterocycles. The summed E-state index contributed by atoms with van der Waals surface area (Å²) in [5.41, 5.74) is 3.37. The zero-order chi connectivity index (χ0) is 21.8. The van der Waals surface area contributed by atoms with Crippen molar-refractivity contribution >= 4 is 28.3 Å².